The molecule has 124 valence electrons. The fourth-order valence-electron chi connectivity index (χ4n) is 2.27. The van der Waals surface area contributed by atoms with Crippen LogP contribution in [0.3, 0.4) is 0 Å². The van der Waals surface area contributed by atoms with E-state index in [1.165, 1.54) is 0 Å². The van der Waals surface area contributed by atoms with Crippen molar-refractivity contribution in [2.24, 2.45) is 10.3 Å². The summed E-state index contributed by atoms with van der Waals surface area (Å²) in [5.74, 6) is 0.121. The lowest BCUT2D eigenvalue weighted by Crippen LogP contribution is -2.33. The minimum atomic E-state index is 0.121. The lowest BCUT2D eigenvalue weighted by atomic mass is 10.2. The van der Waals surface area contributed by atoms with Crippen molar-refractivity contribution >= 4 is 34.4 Å². The third kappa shape index (κ3) is 4.19. The van der Waals surface area contributed by atoms with Gasteiger partial charge in [0.25, 0.3) is 0 Å². The number of hydrogen-bond acceptors (Lipinski definition) is 4. The van der Waals surface area contributed by atoms with Crippen molar-refractivity contribution in [1.29, 1.82) is 0 Å². The van der Waals surface area contributed by atoms with Crippen molar-refractivity contribution in [2.45, 2.75) is 0 Å². The monoisotopic (exact) mass is 348 g/mol. The average molecular weight is 348 g/mol. The lowest BCUT2D eigenvalue weighted by Gasteiger charge is -2.25. The molecule has 25 heavy (non-hydrogen) atoms. The number of thiocarbonyl (C=S) groups is 1. The van der Waals surface area contributed by atoms with Crippen molar-refractivity contribution < 1.29 is 5.11 Å². The number of para-hydroxylation sites is 3. The van der Waals surface area contributed by atoms with Crippen LogP contribution in [0.15, 0.2) is 95.3 Å². The Morgan fingerprint density at radius 1 is 0.840 bits per heavy atom. The van der Waals surface area contributed by atoms with Gasteiger partial charge in [0.1, 0.15) is 5.75 Å². The van der Waals surface area contributed by atoms with Crippen LogP contribution in [0, 0.1) is 0 Å². The number of phenolic OH excluding ortho intramolecular Hbond substituents is 1. The van der Waals surface area contributed by atoms with Crippen LogP contribution in [0.25, 0.3) is 0 Å². The van der Waals surface area contributed by atoms with E-state index < -0.39 is 0 Å². The minimum absolute atomic E-state index is 0.121. The van der Waals surface area contributed by atoms with E-state index >= 15 is 0 Å². The first kappa shape index (κ1) is 16.6. The standard InChI is InChI=1S/C19H16N4OS/c24-18-14-8-7-13-17(18)23(16-11-5-2-6-12-16)19(25)21-22-20-15-9-3-1-4-10-15/h1-14,24H,(H,20,21,25). The van der Waals surface area contributed by atoms with Crippen molar-refractivity contribution in [3.05, 3.63) is 84.9 Å². The van der Waals surface area contributed by atoms with E-state index in [1.54, 1.807) is 23.1 Å². The first-order valence-corrected chi connectivity index (χ1v) is 8.05. The molecular formula is C19H16N4OS. The van der Waals surface area contributed by atoms with Gasteiger partial charge in [0.05, 0.1) is 11.4 Å². The molecule has 6 heteroatoms. The highest BCUT2D eigenvalue weighted by molar-refractivity contribution is 7.80. The Hall–Kier alpha value is -3.25. The molecule has 0 heterocycles. The van der Waals surface area contributed by atoms with Gasteiger partial charge in [-0.25, -0.2) is 5.43 Å². The molecule has 3 aromatic rings. The summed E-state index contributed by atoms with van der Waals surface area (Å²) in [6.07, 6.45) is 0. The van der Waals surface area contributed by atoms with Gasteiger partial charge in [-0.1, -0.05) is 53.8 Å². The van der Waals surface area contributed by atoms with E-state index in [4.69, 9.17) is 12.2 Å². The quantitative estimate of drug-likeness (QED) is 0.391. The second-order valence-corrected chi connectivity index (χ2v) is 5.50. The van der Waals surface area contributed by atoms with Gasteiger partial charge < -0.3 is 5.11 Å². The zero-order chi connectivity index (χ0) is 17.5. The molecule has 0 spiro atoms. The zero-order valence-electron chi connectivity index (χ0n) is 13.3. The molecule has 0 saturated heterocycles. The number of phenols is 1. The lowest BCUT2D eigenvalue weighted by molar-refractivity contribution is 0.476. The summed E-state index contributed by atoms with van der Waals surface area (Å²) in [5, 5.41) is 18.5. The first-order chi connectivity index (χ1) is 12.3. The highest BCUT2D eigenvalue weighted by Crippen LogP contribution is 2.32. The zero-order valence-corrected chi connectivity index (χ0v) is 14.1. The van der Waals surface area contributed by atoms with Gasteiger partial charge in [0.2, 0.25) is 0 Å². The summed E-state index contributed by atoms with van der Waals surface area (Å²) in [6, 6.07) is 25.8. The third-order valence-corrected chi connectivity index (χ3v) is 3.68. The van der Waals surface area contributed by atoms with Gasteiger partial charge in [-0.05, 0) is 48.6 Å². The molecule has 0 fully saturated rings. The van der Waals surface area contributed by atoms with Gasteiger partial charge in [0, 0.05) is 5.69 Å². The Labute approximate surface area is 151 Å². The van der Waals surface area contributed by atoms with Gasteiger partial charge in [-0.2, -0.15) is 0 Å². The maximum absolute atomic E-state index is 10.2. The highest BCUT2D eigenvalue weighted by Gasteiger charge is 2.17. The predicted molar refractivity (Wildman–Crippen MR) is 103 cm³/mol. The molecule has 0 atom stereocenters. The SMILES string of the molecule is Oc1ccccc1N(C(=S)NN=Nc1ccccc1)c1ccccc1. The van der Waals surface area contributed by atoms with Crippen LogP contribution in [0.2, 0.25) is 0 Å². The summed E-state index contributed by atoms with van der Waals surface area (Å²) in [6.45, 7) is 0. The fourth-order valence-corrected chi connectivity index (χ4v) is 2.51. The van der Waals surface area contributed by atoms with Gasteiger partial charge in [-0.3, -0.25) is 4.90 Å². The molecule has 3 rings (SSSR count). The third-order valence-electron chi connectivity index (χ3n) is 3.41. The van der Waals surface area contributed by atoms with Crippen LogP contribution in [-0.2, 0) is 0 Å². The Bertz CT molecular complexity index is 869. The maximum Gasteiger partial charge on any atom is 0.200 e. The largest absolute Gasteiger partial charge is 0.506 e. The summed E-state index contributed by atoms with van der Waals surface area (Å²) < 4.78 is 0. The van der Waals surface area contributed by atoms with Crippen LogP contribution in [-0.4, -0.2) is 10.2 Å². The minimum Gasteiger partial charge on any atom is -0.506 e. The summed E-state index contributed by atoms with van der Waals surface area (Å²) in [5.41, 5.74) is 4.83. The van der Waals surface area contributed by atoms with Crippen LogP contribution in [0.1, 0.15) is 0 Å². The summed E-state index contributed by atoms with van der Waals surface area (Å²) in [4.78, 5) is 1.70. The van der Waals surface area contributed by atoms with Gasteiger partial charge >= 0.3 is 0 Å². The van der Waals surface area contributed by atoms with Crippen molar-refractivity contribution in [1.82, 2.24) is 5.43 Å². The molecule has 0 aliphatic rings. The maximum atomic E-state index is 10.2. The number of nitrogens with one attached hydrogen (secondary N) is 1. The fraction of sp³-hybridized carbons (Fsp3) is 0. The molecule has 3 aromatic carbocycles. The summed E-state index contributed by atoms with van der Waals surface area (Å²) in [7, 11) is 0. The summed E-state index contributed by atoms with van der Waals surface area (Å²) >= 11 is 5.46. The van der Waals surface area contributed by atoms with Crippen molar-refractivity contribution in [3.8, 4) is 5.75 Å². The highest BCUT2D eigenvalue weighted by atomic mass is 32.1. The smallest absolute Gasteiger partial charge is 0.200 e. The molecule has 0 saturated carbocycles. The second kappa shape index (κ2) is 8.03. The second-order valence-electron chi connectivity index (χ2n) is 5.11. The normalized spacial score (nSPS) is 10.6. The topological polar surface area (TPSA) is 60.2 Å². The molecule has 0 aliphatic heterocycles. The van der Waals surface area contributed by atoms with E-state index in [0.29, 0.717) is 16.5 Å². The number of nitrogens with zero attached hydrogens (tertiary/aromatic N) is 3. The molecule has 0 amide bonds. The average Bonchev–Trinajstić information content (AvgIpc) is 2.65. The van der Waals surface area contributed by atoms with Gasteiger partial charge in [0.15, 0.2) is 5.11 Å². The van der Waals surface area contributed by atoms with Crippen LogP contribution in [0.5, 0.6) is 5.75 Å². The van der Waals surface area contributed by atoms with Crippen LogP contribution >= 0.6 is 12.2 Å². The van der Waals surface area contributed by atoms with Crippen LogP contribution < -0.4 is 10.3 Å². The van der Waals surface area contributed by atoms with E-state index in [2.05, 4.69) is 15.8 Å². The van der Waals surface area contributed by atoms with E-state index in [0.717, 1.165) is 5.69 Å². The number of aromatic hydroxyl groups is 1. The number of rotatable bonds is 4. The van der Waals surface area contributed by atoms with Gasteiger partial charge in [-0.15, -0.1) is 5.11 Å². The predicted octanol–water partition coefficient (Wildman–Crippen LogP) is 5.10. The number of benzene rings is 3. The number of hydrogen-bond donors (Lipinski definition) is 2. The molecule has 0 unspecified atom stereocenters. The van der Waals surface area contributed by atoms with Crippen molar-refractivity contribution in [3.63, 3.8) is 0 Å². The van der Waals surface area contributed by atoms with Crippen LogP contribution in [0.4, 0.5) is 17.1 Å². The number of anilines is 2. The Kier molecular flexibility index (Phi) is 5.33. The first-order valence-electron chi connectivity index (χ1n) is 7.64. The Morgan fingerprint density at radius 2 is 1.44 bits per heavy atom. The molecule has 5 nitrogen and oxygen atoms in total. The molecular weight excluding hydrogens is 332 g/mol. The molecule has 0 radical (unpaired) electrons. The van der Waals surface area contributed by atoms with Crippen molar-refractivity contribution in [2.75, 3.05) is 4.90 Å². The molecule has 0 bridgehead atoms. The van der Waals surface area contributed by atoms with E-state index in [-0.39, 0.29) is 5.75 Å². The molecule has 0 aromatic heterocycles. The molecule has 2 N–H and O–H groups in total. The Balaban J connectivity index is 1.86. The van der Waals surface area contributed by atoms with E-state index in [1.807, 2.05) is 66.7 Å². The Morgan fingerprint density at radius 3 is 2.12 bits per heavy atom. The molecule has 0 aliphatic carbocycles. The van der Waals surface area contributed by atoms with E-state index in [9.17, 15) is 5.11 Å².